The van der Waals surface area contributed by atoms with Gasteiger partial charge in [0.15, 0.2) is 5.82 Å². The monoisotopic (exact) mass is 380 g/mol. The summed E-state index contributed by atoms with van der Waals surface area (Å²) < 4.78 is 2.00. The number of hydrogen-bond donors (Lipinski definition) is 0. The van der Waals surface area contributed by atoms with Crippen LogP contribution in [0, 0.1) is 0 Å². The molecule has 3 heterocycles. The minimum Gasteiger partial charge on any atom is -0.378 e. The number of hydrogen-bond acceptors (Lipinski definition) is 6. The first-order chi connectivity index (χ1) is 12.6. The molecule has 0 saturated carbocycles. The summed E-state index contributed by atoms with van der Waals surface area (Å²) in [5.41, 5.74) is 1.97. The summed E-state index contributed by atoms with van der Waals surface area (Å²) in [4.78, 5) is 20.8. The van der Waals surface area contributed by atoms with E-state index in [-0.39, 0.29) is 5.56 Å². The number of benzene rings is 1. The smallest absolute Gasteiger partial charge is 0.291 e. The number of anilines is 1. The number of thiophene rings is 1. The highest BCUT2D eigenvalue weighted by Gasteiger charge is 2.08. The summed E-state index contributed by atoms with van der Waals surface area (Å²) in [5.74, 6) is 0.545. The minimum atomic E-state index is -0.134. The molecule has 0 unspecified atom stereocenters. The molecule has 0 radical (unpaired) electrons. The fraction of sp³-hybridized carbons (Fsp3) is 0.105. The lowest BCUT2D eigenvalue weighted by Crippen LogP contribution is -2.23. The van der Waals surface area contributed by atoms with E-state index in [1.54, 1.807) is 11.3 Å². The highest BCUT2D eigenvalue weighted by molar-refractivity contribution is 7.15. The van der Waals surface area contributed by atoms with Gasteiger partial charge in [0.1, 0.15) is 0 Å². The second-order valence-electron chi connectivity index (χ2n) is 5.91. The summed E-state index contributed by atoms with van der Waals surface area (Å²) in [6.45, 7) is 0. The maximum absolute atomic E-state index is 12.6. The van der Waals surface area contributed by atoms with Crippen molar-refractivity contribution in [1.82, 2.24) is 14.6 Å². The molecule has 1 aromatic carbocycles. The van der Waals surface area contributed by atoms with Gasteiger partial charge in [-0.3, -0.25) is 4.79 Å². The summed E-state index contributed by atoms with van der Waals surface area (Å²) >= 11 is 3.00. The van der Waals surface area contributed by atoms with Gasteiger partial charge in [-0.1, -0.05) is 29.5 Å². The van der Waals surface area contributed by atoms with Gasteiger partial charge < -0.3 is 4.90 Å². The first-order valence-corrected chi connectivity index (χ1v) is 9.70. The lowest BCUT2D eigenvalue weighted by Gasteiger charge is -2.11. The molecule has 130 valence electrons. The van der Waals surface area contributed by atoms with E-state index in [0.29, 0.717) is 15.3 Å². The average Bonchev–Trinajstić information content (AvgIpc) is 3.33. The highest BCUT2D eigenvalue weighted by Crippen LogP contribution is 2.14. The van der Waals surface area contributed by atoms with Crippen molar-refractivity contribution in [2.75, 3.05) is 19.0 Å². The Morgan fingerprint density at radius 1 is 1.12 bits per heavy atom. The van der Waals surface area contributed by atoms with Gasteiger partial charge >= 0.3 is 0 Å². The van der Waals surface area contributed by atoms with Crippen LogP contribution in [-0.2, 0) is 0 Å². The molecule has 0 atom stereocenters. The number of rotatable bonds is 4. The highest BCUT2D eigenvalue weighted by atomic mass is 32.1. The van der Waals surface area contributed by atoms with Crippen molar-refractivity contribution in [2.24, 2.45) is 0 Å². The molecule has 0 N–H and O–H groups in total. The number of aromatic nitrogens is 3. The Balaban J connectivity index is 1.66. The molecule has 0 aliphatic heterocycles. The van der Waals surface area contributed by atoms with Crippen LogP contribution >= 0.6 is 22.7 Å². The van der Waals surface area contributed by atoms with E-state index in [1.165, 1.54) is 15.9 Å². The topological polar surface area (TPSA) is 50.5 Å². The Kier molecular flexibility index (Phi) is 4.40. The first kappa shape index (κ1) is 16.7. The maximum atomic E-state index is 12.6. The summed E-state index contributed by atoms with van der Waals surface area (Å²) in [7, 11) is 4.00. The van der Waals surface area contributed by atoms with Gasteiger partial charge in [-0.05, 0) is 47.4 Å². The third-order valence-electron chi connectivity index (χ3n) is 3.85. The van der Waals surface area contributed by atoms with Crippen molar-refractivity contribution < 1.29 is 0 Å². The van der Waals surface area contributed by atoms with Crippen molar-refractivity contribution in [3.8, 4) is 0 Å². The SMILES string of the molecule is CN(C)c1ccc(C=c2sc3nc(C=Cc4cccs4)nn3c2=O)cc1. The lowest BCUT2D eigenvalue weighted by atomic mass is 10.2. The van der Waals surface area contributed by atoms with Crippen LogP contribution in [0.25, 0.3) is 23.2 Å². The van der Waals surface area contributed by atoms with Crippen LogP contribution in [0.4, 0.5) is 5.69 Å². The van der Waals surface area contributed by atoms with Crippen LogP contribution in [0.5, 0.6) is 0 Å². The van der Waals surface area contributed by atoms with Gasteiger partial charge in [-0.15, -0.1) is 16.4 Å². The van der Waals surface area contributed by atoms with Crippen molar-refractivity contribution >= 4 is 51.5 Å². The van der Waals surface area contributed by atoms with Crippen LogP contribution in [-0.4, -0.2) is 28.7 Å². The van der Waals surface area contributed by atoms with Crippen LogP contribution in [0.15, 0.2) is 46.6 Å². The van der Waals surface area contributed by atoms with Crippen LogP contribution in [0.1, 0.15) is 16.3 Å². The Bertz CT molecular complexity index is 1170. The van der Waals surface area contributed by atoms with Crippen molar-refractivity contribution in [3.63, 3.8) is 0 Å². The molecule has 4 rings (SSSR count). The van der Waals surface area contributed by atoms with Gasteiger partial charge in [0, 0.05) is 24.7 Å². The molecule has 0 aliphatic carbocycles. The Morgan fingerprint density at radius 2 is 1.92 bits per heavy atom. The molecule has 3 aromatic heterocycles. The second kappa shape index (κ2) is 6.86. The first-order valence-electron chi connectivity index (χ1n) is 8.00. The zero-order valence-corrected chi connectivity index (χ0v) is 15.9. The molecule has 5 nitrogen and oxygen atoms in total. The summed E-state index contributed by atoms with van der Waals surface area (Å²) in [5, 5.41) is 6.32. The van der Waals surface area contributed by atoms with Crippen LogP contribution in [0.2, 0.25) is 0 Å². The quantitative estimate of drug-likeness (QED) is 0.546. The molecular formula is C19H16N4OS2. The van der Waals surface area contributed by atoms with E-state index in [0.717, 1.165) is 16.1 Å². The van der Waals surface area contributed by atoms with Gasteiger partial charge in [-0.25, -0.2) is 0 Å². The molecule has 0 saturated heterocycles. The molecule has 0 spiro atoms. The predicted molar refractivity (Wildman–Crippen MR) is 110 cm³/mol. The second-order valence-corrected chi connectivity index (χ2v) is 7.90. The van der Waals surface area contributed by atoms with E-state index in [1.807, 2.05) is 79.0 Å². The zero-order chi connectivity index (χ0) is 18.1. The van der Waals surface area contributed by atoms with E-state index >= 15 is 0 Å². The Hall–Kier alpha value is -2.77. The fourth-order valence-corrected chi connectivity index (χ4v) is 4.02. The number of thiazole rings is 1. The van der Waals surface area contributed by atoms with Crippen molar-refractivity contribution in [2.45, 2.75) is 0 Å². The maximum Gasteiger partial charge on any atom is 0.291 e. The van der Waals surface area contributed by atoms with Gasteiger partial charge in [0.2, 0.25) is 4.96 Å². The summed E-state index contributed by atoms with van der Waals surface area (Å²) in [6, 6.07) is 12.1. The molecular weight excluding hydrogens is 364 g/mol. The molecule has 4 aromatic rings. The fourth-order valence-electron chi connectivity index (χ4n) is 2.48. The molecule has 0 amide bonds. The minimum absolute atomic E-state index is 0.134. The van der Waals surface area contributed by atoms with E-state index in [4.69, 9.17) is 0 Å². The van der Waals surface area contributed by atoms with Gasteiger partial charge in [0.25, 0.3) is 5.56 Å². The molecule has 0 fully saturated rings. The van der Waals surface area contributed by atoms with Crippen molar-refractivity contribution in [1.29, 1.82) is 0 Å². The van der Waals surface area contributed by atoms with Gasteiger partial charge in [0.05, 0.1) is 4.53 Å². The van der Waals surface area contributed by atoms with Gasteiger partial charge in [-0.2, -0.15) is 9.50 Å². The van der Waals surface area contributed by atoms with E-state index < -0.39 is 0 Å². The van der Waals surface area contributed by atoms with E-state index in [2.05, 4.69) is 10.1 Å². The molecule has 7 heteroatoms. The van der Waals surface area contributed by atoms with Crippen LogP contribution in [0.3, 0.4) is 0 Å². The molecule has 0 bridgehead atoms. The number of fused-ring (bicyclic) bond motifs is 1. The number of nitrogens with zero attached hydrogens (tertiary/aromatic N) is 4. The van der Waals surface area contributed by atoms with Crippen LogP contribution < -0.4 is 15.0 Å². The lowest BCUT2D eigenvalue weighted by molar-refractivity contribution is 0.925. The van der Waals surface area contributed by atoms with E-state index in [9.17, 15) is 4.79 Å². The van der Waals surface area contributed by atoms with Crippen molar-refractivity contribution in [3.05, 3.63) is 72.9 Å². The normalized spacial score (nSPS) is 12.5. The summed E-state index contributed by atoms with van der Waals surface area (Å²) in [6.07, 6.45) is 5.66. The standard InChI is InChI=1S/C19H16N4OS2/c1-22(2)14-7-5-13(6-8-14)12-16-18(24)23-19(26-16)20-17(21-23)10-9-15-4-3-11-25-15/h3-12H,1-2H3. The Morgan fingerprint density at radius 3 is 2.58 bits per heavy atom. The predicted octanol–water partition coefficient (Wildman–Crippen LogP) is 3.00. The third-order valence-corrected chi connectivity index (χ3v) is 5.64. The largest absolute Gasteiger partial charge is 0.378 e. The third kappa shape index (κ3) is 3.31. The zero-order valence-electron chi connectivity index (χ0n) is 14.3. The average molecular weight is 380 g/mol. The molecule has 0 aliphatic rings. The molecule has 26 heavy (non-hydrogen) atoms. The Labute approximate surface area is 158 Å².